The Labute approximate surface area is 105 Å². The Bertz CT molecular complexity index is 344. The zero-order valence-corrected chi connectivity index (χ0v) is 11.2. The number of aryl methyl sites for hydroxylation is 1. The zero-order chi connectivity index (χ0) is 12.3. The standard InChI is InChI=1S/C15H24N2/c1-4-15-11-17(10-9-16-15)13(3)14-7-5-12(2)6-8-14/h5-8,13,15-16H,4,9-11H2,1-3H3. The molecule has 17 heavy (non-hydrogen) atoms. The molecule has 2 atom stereocenters. The van der Waals surface area contributed by atoms with E-state index < -0.39 is 0 Å². The average molecular weight is 232 g/mol. The molecule has 1 N–H and O–H groups in total. The van der Waals surface area contributed by atoms with Crippen LogP contribution in [-0.2, 0) is 0 Å². The number of nitrogens with one attached hydrogen (secondary N) is 1. The van der Waals surface area contributed by atoms with Crippen LogP contribution in [0.5, 0.6) is 0 Å². The van der Waals surface area contributed by atoms with Crippen LogP contribution >= 0.6 is 0 Å². The van der Waals surface area contributed by atoms with Gasteiger partial charge in [-0.15, -0.1) is 0 Å². The summed E-state index contributed by atoms with van der Waals surface area (Å²) in [6.07, 6.45) is 1.22. The van der Waals surface area contributed by atoms with E-state index >= 15 is 0 Å². The van der Waals surface area contributed by atoms with Crippen molar-refractivity contribution in [3.8, 4) is 0 Å². The van der Waals surface area contributed by atoms with Gasteiger partial charge in [-0.1, -0.05) is 36.8 Å². The minimum Gasteiger partial charge on any atom is -0.311 e. The van der Waals surface area contributed by atoms with Crippen molar-refractivity contribution in [1.29, 1.82) is 0 Å². The first-order valence-electron chi connectivity index (χ1n) is 6.74. The minimum atomic E-state index is 0.534. The lowest BCUT2D eigenvalue weighted by Crippen LogP contribution is -2.50. The summed E-state index contributed by atoms with van der Waals surface area (Å²) < 4.78 is 0. The van der Waals surface area contributed by atoms with Gasteiger partial charge in [0.2, 0.25) is 0 Å². The maximum absolute atomic E-state index is 3.57. The Morgan fingerprint density at radius 1 is 1.35 bits per heavy atom. The maximum Gasteiger partial charge on any atom is 0.0321 e. The molecule has 1 saturated heterocycles. The lowest BCUT2D eigenvalue weighted by atomic mass is 10.0. The van der Waals surface area contributed by atoms with Crippen molar-refractivity contribution >= 4 is 0 Å². The fourth-order valence-corrected chi connectivity index (χ4v) is 2.53. The van der Waals surface area contributed by atoms with E-state index in [0.29, 0.717) is 12.1 Å². The van der Waals surface area contributed by atoms with E-state index in [0.717, 1.165) is 13.1 Å². The average Bonchev–Trinajstić information content (AvgIpc) is 2.39. The first-order valence-corrected chi connectivity index (χ1v) is 6.74. The van der Waals surface area contributed by atoms with Gasteiger partial charge in [0.25, 0.3) is 0 Å². The quantitative estimate of drug-likeness (QED) is 0.862. The van der Waals surface area contributed by atoms with E-state index in [9.17, 15) is 0 Å². The third kappa shape index (κ3) is 3.08. The van der Waals surface area contributed by atoms with Crippen molar-refractivity contribution in [2.45, 2.75) is 39.3 Å². The zero-order valence-electron chi connectivity index (χ0n) is 11.2. The molecule has 1 aromatic rings. The molecule has 0 spiro atoms. The van der Waals surface area contributed by atoms with Gasteiger partial charge in [-0.25, -0.2) is 0 Å². The molecule has 2 unspecified atom stereocenters. The van der Waals surface area contributed by atoms with Gasteiger partial charge >= 0.3 is 0 Å². The first kappa shape index (κ1) is 12.6. The number of nitrogens with zero attached hydrogens (tertiary/aromatic N) is 1. The van der Waals surface area contributed by atoms with E-state index in [2.05, 4.69) is 55.3 Å². The first-order chi connectivity index (χ1) is 8.20. The third-order valence-corrected chi connectivity index (χ3v) is 3.89. The lowest BCUT2D eigenvalue weighted by Gasteiger charge is -2.37. The Hall–Kier alpha value is -0.860. The van der Waals surface area contributed by atoms with Crippen LogP contribution in [0.3, 0.4) is 0 Å². The highest BCUT2D eigenvalue weighted by molar-refractivity contribution is 5.23. The molecule has 0 bridgehead atoms. The van der Waals surface area contributed by atoms with Crippen molar-refractivity contribution in [1.82, 2.24) is 10.2 Å². The predicted molar refractivity (Wildman–Crippen MR) is 73.2 cm³/mol. The molecule has 2 heteroatoms. The highest BCUT2D eigenvalue weighted by Crippen LogP contribution is 2.22. The Kier molecular flexibility index (Phi) is 4.19. The summed E-state index contributed by atoms with van der Waals surface area (Å²) in [7, 11) is 0. The van der Waals surface area contributed by atoms with Crippen LogP contribution in [0, 0.1) is 6.92 Å². The van der Waals surface area contributed by atoms with Gasteiger partial charge in [0.1, 0.15) is 0 Å². The second-order valence-corrected chi connectivity index (χ2v) is 5.14. The van der Waals surface area contributed by atoms with Crippen molar-refractivity contribution < 1.29 is 0 Å². The molecular formula is C15H24N2. The molecule has 0 saturated carbocycles. The van der Waals surface area contributed by atoms with Crippen LogP contribution in [0.15, 0.2) is 24.3 Å². The van der Waals surface area contributed by atoms with E-state index in [4.69, 9.17) is 0 Å². The Morgan fingerprint density at radius 2 is 2.06 bits per heavy atom. The van der Waals surface area contributed by atoms with E-state index in [-0.39, 0.29) is 0 Å². The van der Waals surface area contributed by atoms with Gasteiger partial charge in [-0.3, -0.25) is 4.90 Å². The van der Waals surface area contributed by atoms with E-state index in [1.165, 1.54) is 24.1 Å². The van der Waals surface area contributed by atoms with Gasteiger partial charge in [0.05, 0.1) is 0 Å². The van der Waals surface area contributed by atoms with Gasteiger partial charge < -0.3 is 5.32 Å². The fraction of sp³-hybridized carbons (Fsp3) is 0.600. The van der Waals surface area contributed by atoms with Gasteiger partial charge in [0, 0.05) is 31.7 Å². The van der Waals surface area contributed by atoms with Crippen LogP contribution in [0.2, 0.25) is 0 Å². The molecule has 0 radical (unpaired) electrons. The van der Waals surface area contributed by atoms with Crippen molar-refractivity contribution in [3.63, 3.8) is 0 Å². The number of rotatable bonds is 3. The second-order valence-electron chi connectivity index (χ2n) is 5.14. The summed E-state index contributed by atoms with van der Waals surface area (Å²) >= 11 is 0. The second kappa shape index (κ2) is 5.65. The molecule has 0 aromatic heterocycles. The molecule has 1 aliphatic rings. The predicted octanol–water partition coefficient (Wildman–Crippen LogP) is 2.74. The fourth-order valence-electron chi connectivity index (χ4n) is 2.53. The van der Waals surface area contributed by atoms with Gasteiger partial charge in [-0.2, -0.15) is 0 Å². The van der Waals surface area contributed by atoms with Gasteiger partial charge in [-0.05, 0) is 25.8 Å². The highest BCUT2D eigenvalue weighted by atomic mass is 15.2. The van der Waals surface area contributed by atoms with Gasteiger partial charge in [0.15, 0.2) is 0 Å². The number of hydrogen-bond acceptors (Lipinski definition) is 2. The lowest BCUT2D eigenvalue weighted by molar-refractivity contribution is 0.151. The largest absolute Gasteiger partial charge is 0.311 e. The molecule has 0 aliphatic carbocycles. The summed E-state index contributed by atoms with van der Waals surface area (Å²) in [4.78, 5) is 2.59. The summed E-state index contributed by atoms with van der Waals surface area (Å²) in [5.74, 6) is 0. The van der Waals surface area contributed by atoms with Crippen LogP contribution in [0.4, 0.5) is 0 Å². The Morgan fingerprint density at radius 3 is 2.71 bits per heavy atom. The topological polar surface area (TPSA) is 15.3 Å². The molecular weight excluding hydrogens is 208 g/mol. The number of piperazine rings is 1. The number of benzene rings is 1. The van der Waals surface area contributed by atoms with Crippen LogP contribution < -0.4 is 5.32 Å². The molecule has 1 aromatic carbocycles. The summed E-state index contributed by atoms with van der Waals surface area (Å²) in [6.45, 7) is 10.2. The molecule has 0 amide bonds. The van der Waals surface area contributed by atoms with Crippen LogP contribution in [0.25, 0.3) is 0 Å². The molecule has 1 aliphatic heterocycles. The summed E-state index contributed by atoms with van der Waals surface area (Å²) in [6, 6.07) is 10.2. The summed E-state index contributed by atoms with van der Waals surface area (Å²) in [5.41, 5.74) is 2.78. The molecule has 1 fully saturated rings. The summed E-state index contributed by atoms with van der Waals surface area (Å²) in [5, 5.41) is 3.57. The Balaban J connectivity index is 2.03. The van der Waals surface area contributed by atoms with E-state index in [1.54, 1.807) is 0 Å². The normalized spacial score (nSPS) is 23.6. The molecule has 2 nitrogen and oxygen atoms in total. The van der Waals surface area contributed by atoms with E-state index in [1.807, 2.05) is 0 Å². The molecule has 2 rings (SSSR count). The van der Waals surface area contributed by atoms with Crippen molar-refractivity contribution in [2.24, 2.45) is 0 Å². The third-order valence-electron chi connectivity index (χ3n) is 3.89. The molecule has 94 valence electrons. The number of hydrogen-bond donors (Lipinski definition) is 1. The smallest absolute Gasteiger partial charge is 0.0321 e. The minimum absolute atomic E-state index is 0.534. The molecule has 1 heterocycles. The van der Waals surface area contributed by atoms with Crippen molar-refractivity contribution in [2.75, 3.05) is 19.6 Å². The van der Waals surface area contributed by atoms with Crippen molar-refractivity contribution in [3.05, 3.63) is 35.4 Å². The van der Waals surface area contributed by atoms with Crippen LogP contribution in [0.1, 0.15) is 37.4 Å². The maximum atomic E-state index is 3.57. The van der Waals surface area contributed by atoms with Crippen LogP contribution in [-0.4, -0.2) is 30.6 Å². The SMILES string of the molecule is CCC1CN(C(C)c2ccc(C)cc2)CCN1. The highest BCUT2D eigenvalue weighted by Gasteiger charge is 2.22. The monoisotopic (exact) mass is 232 g/mol.